The maximum Gasteiger partial charge on any atom is 0.104 e. The third-order valence-electron chi connectivity index (χ3n) is 4.56. The van der Waals surface area contributed by atoms with Crippen LogP contribution in [0.5, 0.6) is 0 Å². The number of pyridine rings is 1. The van der Waals surface area contributed by atoms with Crippen molar-refractivity contribution < 1.29 is 5.11 Å². The molecule has 0 aliphatic carbocycles. The summed E-state index contributed by atoms with van der Waals surface area (Å²) in [4.78, 5) is 5.37. The van der Waals surface area contributed by atoms with Crippen LogP contribution in [-0.4, -0.2) is 15.8 Å². The number of hydrogen-bond donors (Lipinski definition) is 1. The number of thioether (sulfide) groups is 1. The topological polar surface area (TPSA) is 33.1 Å². The van der Waals surface area contributed by atoms with Crippen molar-refractivity contribution in [2.75, 3.05) is 5.75 Å². The van der Waals surface area contributed by atoms with Gasteiger partial charge in [-0.05, 0) is 22.8 Å². The third kappa shape index (κ3) is 3.26. The van der Waals surface area contributed by atoms with Gasteiger partial charge in [0.25, 0.3) is 0 Å². The molecule has 4 rings (SSSR count). The Balaban J connectivity index is 1.83. The summed E-state index contributed by atoms with van der Waals surface area (Å²) in [7, 11) is 0. The maximum absolute atomic E-state index is 11.2. The summed E-state index contributed by atoms with van der Waals surface area (Å²) in [5.41, 5.74) is 4.34. The first-order chi connectivity index (χ1) is 12.3. The normalized spacial score (nSPS) is 18.4. The van der Waals surface area contributed by atoms with Crippen LogP contribution >= 0.6 is 11.8 Å². The second-order valence-corrected chi connectivity index (χ2v) is 7.14. The van der Waals surface area contributed by atoms with Crippen molar-refractivity contribution in [3.8, 4) is 0 Å². The Morgan fingerprint density at radius 2 is 1.64 bits per heavy atom. The van der Waals surface area contributed by atoms with E-state index in [1.165, 1.54) is 16.0 Å². The number of aliphatic hydroxyl groups excluding tert-OH is 1. The lowest BCUT2D eigenvalue weighted by Crippen LogP contribution is -2.10. The number of aromatic nitrogens is 1. The molecule has 124 valence electrons. The Kier molecular flexibility index (Phi) is 4.68. The zero-order chi connectivity index (χ0) is 17.1. The minimum absolute atomic E-state index is 0.205. The van der Waals surface area contributed by atoms with Crippen LogP contribution in [0, 0.1) is 0 Å². The van der Waals surface area contributed by atoms with E-state index in [4.69, 9.17) is 0 Å². The Morgan fingerprint density at radius 1 is 0.920 bits per heavy atom. The molecule has 0 saturated heterocycles. The van der Waals surface area contributed by atoms with Crippen molar-refractivity contribution in [2.24, 2.45) is 0 Å². The molecule has 0 radical (unpaired) electrons. The van der Waals surface area contributed by atoms with Gasteiger partial charge in [0.15, 0.2) is 0 Å². The Labute approximate surface area is 152 Å². The van der Waals surface area contributed by atoms with Gasteiger partial charge < -0.3 is 5.11 Å². The molecule has 25 heavy (non-hydrogen) atoms. The molecule has 3 heteroatoms. The summed E-state index contributed by atoms with van der Waals surface area (Å²) < 4.78 is 0. The fraction of sp³-hybridized carbons (Fsp3) is 0.136. The van der Waals surface area contributed by atoms with E-state index in [1.807, 2.05) is 48.2 Å². The summed E-state index contributed by atoms with van der Waals surface area (Å²) >= 11 is 1.83. The molecule has 0 saturated carbocycles. The highest BCUT2D eigenvalue weighted by molar-refractivity contribution is 8.08. The first-order valence-corrected chi connectivity index (χ1v) is 9.38. The molecular formula is C22H19NOS. The molecule has 3 aromatic rings. The largest absolute Gasteiger partial charge is 0.384 e. The molecule has 2 aromatic carbocycles. The molecule has 2 nitrogen and oxygen atoms in total. The fourth-order valence-corrected chi connectivity index (χ4v) is 4.76. The van der Waals surface area contributed by atoms with E-state index in [1.54, 1.807) is 12.4 Å². The molecule has 2 heterocycles. The van der Waals surface area contributed by atoms with Crippen molar-refractivity contribution in [2.45, 2.75) is 12.0 Å². The highest BCUT2D eigenvalue weighted by Crippen LogP contribution is 2.51. The minimum Gasteiger partial charge on any atom is -0.384 e. The molecule has 2 atom stereocenters. The highest BCUT2D eigenvalue weighted by atomic mass is 32.2. The van der Waals surface area contributed by atoms with E-state index in [0.29, 0.717) is 0 Å². The first kappa shape index (κ1) is 16.1. The summed E-state index contributed by atoms with van der Waals surface area (Å²) in [6.07, 6.45) is 2.84. The zero-order valence-corrected chi connectivity index (χ0v) is 14.6. The lowest BCUT2D eigenvalue weighted by Gasteiger charge is -2.21. The molecule has 0 amide bonds. The van der Waals surface area contributed by atoms with Crippen LogP contribution in [0.15, 0.2) is 90.8 Å². The molecule has 0 bridgehead atoms. The van der Waals surface area contributed by atoms with E-state index in [2.05, 4.69) is 41.4 Å². The Hall–Kier alpha value is -2.36. The van der Waals surface area contributed by atoms with Crippen molar-refractivity contribution in [1.82, 2.24) is 4.98 Å². The number of benzene rings is 2. The van der Waals surface area contributed by atoms with Crippen molar-refractivity contribution in [3.63, 3.8) is 0 Å². The molecule has 1 aliphatic rings. The number of hydrogen-bond acceptors (Lipinski definition) is 3. The summed E-state index contributed by atoms with van der Waals surface area (Å²) in [5.74, 6) is 1.15. The van der Waals surface area contributed by atoms with Gasteiger partial charge in [0, 0.05) is 34.5 Å². The molecule has 1 aromatic heterocycles. The van der Waals surface area contributed by atoms with Gasteiger partial charge in [0.05, 0.1) is 0 Å². The van der Waals surface area contributed by atoms with Crippen molar-refractivity contribution in [3.05, 3.63) is 107 Å². The van der Waals surface area contributed by atoms with E-state index < -0.39 is 6.10 Å². The molecule has 2 unspecified atom stereocenters. The Bertz CT molecular complexity index is 862. The quantitative estimate of drug-likeness (QED) is 0.718. The van der Waals surface area contributed by atoms with E-state index in [9.17, 15) is 5.11 Å². The van der Waals surface area contributed by atoms with Gasteiger partial charge in [-0.1, -0.05) is 66.7 Å². The van der Waals surface area contributed by atoms with E-state index in [0.717, 1.165) is 16.9 Å². The van der Waals surface area contributed by atoms with Gasteiger partial charge in [-0.25, -0.2) is 0 Å². The molecule has 0 spiro atoms. The predicted octanol–water partition coefficient (Wildman–Crippen LogP) is 5.06. The molecular weight excluding hydrogens is 326 g/mol. The Morgan fingerprint density at radius 3 is 2.32 bits per heavy atom. The van der Waals surface area contributed by atoms with E-state index in [-0.39, 0.29) is 5.92 Å². The van der Waals surface area contributed by atoms with Crippen LogP contribution in [0.2, 0.25) is 0 Å². The molecule has 0 fully saturated rings. The average Bonchev–Trinajstić information content (AvgIpc) is 3.14. The maximum atomic E-state index is 11.2. The van der Waals surface area contributed by atoms with Crippen LogP contribution in [0.25, 0.3) is 4.91 Å². The fourth-order valence-electron chi connectivity index (χ4n) is 3.33. The SMILES string of the molecule is OC(C1=C(c2ccccc2)SCC1c1ccccc1)c1cccnc1. The monoisotopic (exact) mass is 345 g/mol. The lowest BCUT2D eigenvalue weighted by molar-refractivity contribution is 0.210. The van der Waals surface area contributed by atoms with Gasteiger partial charge >= 0.3 is 0 Å². The zero-order valence-electron chi connectivity index (χ0n) is 13.7. The number of nitrogens with zero attached hydrogens (tertiary/aromatic N) is 1. The van der Waals surface area contributed by atoms with Crippen LogP contribution in [0.4, 0.5) is 0 Å². The van der Waals surface area contributed by atoms with Crippen LogP contribution in [0.1, 0.15) is 28.7 Å². The van der Waals surface area contributed by atoms with Gasteiger partial charge in [-0.3, -0.25) is 4.98 Å². The first-order valence-electron chi connectivity index (χ1n) is 8.40. The van der Waals surface area contributed by atoms with Crippen LogP contribution in [-0.2, 0) is 0 Å². The lowest BCUT2D eigenvalue weighted by atomic mass is 9.86. The van der Waals surface area contributed by atoms with E-state index >= 15 is 0 Å². The summed E-state index contributed by atoms with van der Waals surface area (Å²) in [6.45, 7) is 0. The number of rotatable bonds is 4. The van der Waals surface area contributed by atoms with Gasteiger partial charge in [-0.15, -0.1) is 11.8 Å². The molecule has 1 aliphatic heterocycles. The minimum atomic E-state index is -0.649. The second kappa shape index (κ2) is 7.26. The summed E-state index contributed by atoms with van der Waals surface area (Å²) in [5, 5.41) is 11.2. The smallest absolute Gasteiger partial charge is 0.104 e. The van der Waals surface area contributed by atoms with Crippen LogP contribution in [0.3, 0.4) is 0 Å². The average molecular weight is 345 g/mol. The highest BCUT2D eigenvalue weighted by Gasteiger charge is 2.33. The molecule has 1 N–H and O–H groups in total. The third-order valence-corrected chi connectivity index (χ3v) is 5.82. The summed E-state index contributed by atoms with van der Waals surface area (Å²) in [6, 6.07) is 24.6. The second-order valence-electron chi connectivity index (χ2n) is 6.11. The van der Waals surface area contributed by atoms with Gasteiger partial charge in [-0.2, -0.15) is 0 Å². The number of aliphatic hydroxyl groups is 1. The van der Waals surface area contributed by atoms with Gasteiger partial charge in [0.2, 0.25) is 0 Å². The van der Waals surface area contributed by atoms with Crippen LogP contribution < -0.4 is 0 Å². The van der Waals surface area contributed by atoms with Crippen molar-refractivity contribution in [1.29, 1.82) is 0 Å². The van der Waals surface area contributed by atoms with Gasteiger partial charge in [0.1, 0.15) is 6.10 Å². The standard InChI is InChI=1S/C22H19NOS/c24-21(18-12-7-13-23-14-18)20-19(16-8-3-1-4-9-16)15-25-22(20)17-10-5-2-6-11-17/h1-14,19,21,24H,15H2. The predicted molar refractivity (Wildman–Crippen MR) is 104 cm³/mol. The van der Waals surface area contributed by atoms with Crippen molar-refractivity contribution >= 4 is 16.7 Å².